The summed E-state index contributed by atoms with van der Waals surface area (Å²) in [7, 11) is 0. The van der Waals surface area contributed by atoms with Crippen LogP contribution in [0.4, 0.5) is 0 Å². The van der Waals surface area contributed by atoms with Crippen molar-refractivity contribution in [3.05, 3.63) is 18.0 Å². The van der Waals surface area contributed by atoms with Crippen molar-refractivity contribution in [2.24, 2.45) is 17.8 Å². The Morgan fingerprint density at radius 1 is 1.38 bits per heavy atom. The number of amides is 1. The number of nitrogens with zero attached hydrogens (tertiary/aromatic N) is 3. The van der Waals surface area contributed by atoms with Gasteiger partial charge in [-0.2, -0.15) is 5.10 Å². The van der Waals surface area contributed by atoms with Crippen molar-refractivity contribution in [3.63, 3.8) is 0 Å². The van der Waals surface area contributed by atoms with Gasteiger partial charge in [-0.1, -0.05) is 6.92 Å². The Bertz CT molecular complexity index is 550. The molecule has 6 nitrogen and oxygen atoms in total. The first-order valence-electron chi connectivity index (χ1n) is 7.64. The van der Waals surface area contributed by atoms with Gasteiger partial charge in [0.15, 0.2) is 0 Å². The van der Waals surface area contributed by atoms with E-state index in [1.54, 1.807) is 22.0 Å². The average Bonchev–Trinajstić information content (AvgIpc) is 3.02. The van der Waals surface area contributed by atoms with Gasteiger partial charge in [0.05, 0.1) is 17.7 Å². The quantitative estimate of drug-likeness (QED) is 0.891. The molecule has 0 aromatic carbocycles. The fraction of sp³-hybridized carbons (Fsp3) is 0.667. The number of carbonyl (C=O) groups excluding carboxylic acids is 1. The highest BCUT2D eigenvalue weighted by molar-refractivity contribution is 5.94. The number of aliphatic carboxylic acids is 1. The van der Waals surface area contributed by atoms with E-state index in [1.807, 2.05) is 0 Å². The zero-order valence-corrected chi connectivity index (χ0v) is 12.2. The molecule has 1 aliphatic heterocycles. The Kier molecular flexibility index (Phi) is 3.69. The molecule has 1 saturated carbocycles. The topological polar surface area (TPSA) is 75.4 Å². The van der Waals surface area contributed by atoms with Crippen LogP contribution in [0.5, 0.6) is 0 Å². The molecule has 114 valence electrons. The fourth-order valence-corrected chi connectivity index (χ4v) is 3.27. The van der Waals surface area contributed by atoms with Crippen molar-refractivity contribution in [2.45, 2.75) is 32.7 Å². The molecule has 2 atom stereocenters. The lowest BCUT2D eigenvalue weighted by Gasteiger charge is -2.15. The molecular formula is C15H21N3O3. The van der Waals surface area contributed by atoms with E-state index >= 15 is 0 Å². The molecule has 2 heterocycles. The van der Waals surface area contributed by atoms with Crippen LogP contribution in [-0.2, 0) is 11.3 Å². The van der Waals surface area contributed by atoms with E-state index in [4.69, 9.17) is 0 Å². The van der Waals surface area contributed by atoms with Gasteiger partial charge in [0.2, 0.25) is 0 Å². The summed E-state index contributed by atoms with van der Waals surface area (Å²) in [6.45, 7) is 3.74. The van der Waals surface area contributed by atoms with Crippen LogP contribution in [0.2, 0.25) is 0 Å². The Morgan fingerprint density at radius 3 is 2.76 bits per heavy atom. The second-order valence-electron chi connectivity index (χ2n) is 6.15. The molecule has 0 radical (unpaired) electrons. The van der Waals surface area contributed by atoms with Gasteiger partial charge in [-0.05, 0) is 31.1 Å². The van der Waals surface area contributed by atoms with Crippen LogP contribution < -0.4 is 0 Å². The maximum absolute atomic E-state index is 12.5. The Labute approximate surface area is 123 Å². The second kappa shape index (κ2) is 5.50. The molecule has 1 amide bonds. The minimum atomic E-state index is -0.774. The number of carboxylic acid groups (broad SMARTS) is 1. The van der Waals surface area contributed by atoms with E-state index in [9.17, 15) is 14.7 Å². The SMILES string of the molecule is CCCn1cc(C(=O)N2C[C@H](C(=O)O)[C@@H](C3CC3)C2)cn1. The number of hydrogen-bond donors (Lipinski definition) is 1. The lowest BCUT2D eigenvalue weighted by Crippen LogP contribution is -2.29. The van der Waals surface area contributed by atoms with E-state index < -0.39 is 11.9 Å². The van der Waals surface area contributed by atoms with Crippen LogP contribution in [0.25, 0.3) is 0 Å². The maximum Gasteiger partial charge on any atom is 0.308 e. The van der Waals surface area contributed by atoms with E-state index in [1.165, 1.54) is 0 Å². The molecule has 2 aliphatic rings. The number of aromatic nitrogens is 2. The molecule has 21 heavy (non-hydrogen) atoms. The third-order valence-corrected chi connectivity index (χ3v) is 4.53. The molecule has 2 fully saturated rings. The largest absolute Gasteiger partial charge is 0.481 e. The van der Waals surface area contributed by atoms with Gasteiger partial charge >= 0.3 is 5.97 Å². The first kappa shape index (κ1) is 14.1. The highest BCUT2D eigenvalue weighted by atomic mass is 16.4. The van der Waals surface area contributed by atoms with E-state index in [2.05, 4.69) is 12.0 Å². The number of likely N-dealkylation sites (tertiary alicyclic amines) is 1. The van der Waals surface area contributed by atoms with Crippen LogP contribution in [0.15, 0.2) is 12.4 Å². The van der Waals surface area contributed by atoms with Crippen molar-refractivity contribution in [1.82, 2.24) is 14.7 Å². The minimum Gasteiger partial charge on any atom is -0.481 e. The van der Waals surface area contributed by atoms with Crippen molar-refractivity contribution >= 4 is 11.9 Å². The first-order valence-corrected chi connectivity index (χ1v) is 7.64. The summed E-state index contributed by atoms with van der Waals surface area (Å²) in [6, 6.07) is 0. The zero-order chi connectivity index (χ0) is 15.0. The second-order valence-corrected chi connectivity index (χ2v) is 6.15. The molecule has 1 aromatic rings. The van der Waals surface area contributed by atoms with Crippen LogP contribution in [-0.4, -0.2) is 44.8 Å². The number of aryl methyl sites for hydroxylation is 1. The maximum atomic E-state index is 12.5. The Balaban J connectivity index is 1.71. The summed E-state index contributed by atoms with van der Waals surface area (Å²) in [5.74, 6) is -0.661. The fourth-order valence-electron chi connectivity index (χ4n) is 3.27. The minimum absolute atomic E-state index is 0.0910. The summed E-state index contributed by atoms with van der Waals surface area (Å²) in [5, 5.41) is 13.5. The van der Waals surface area contributed by atoms with Crippen LogP contribution in [0.1, 0.15) is 36.5 Å². The van der Waals surface area contributed by atoms with Gasteiger partial charge in [0, 0.05) is 25.8 Å². The third-order valence-electron chi connectivity index (χ3n) is 4.53. The van der Waals surface area contributed by atoms with Crippen LogP contribution >= 0.6 is 0 Å². The van der Waals surface area contributed by atoms with Crippen LogP contribution in [0, 0.1) is 17.8 Å². The average molecular weight is 291 g/mol. The molecule has 0 unspecified atom stereocenters. The zero-order valence-electron chi connectivity index (χ0n) is 12.2. The van der Waals surface area contributed by atoms with E-state index in [-0.39, 0.29) is 11.8 Å². The molecular weight excluding hydrogens is 270 g/mol. The summed E-state index contributed by atoms with van der Waals surface area (Å²) in [6.07, 6.45) is 6.50. The van der Waals surface area contributed by atoms with Crippen molar-refractivity contribution in [1.29, 1.82) is 0 Å². The van der Waals surface area contributed by atoms with Crippen molar-refractivity contribution in [2.75, 3.05) is 13.1 Å². The molecule has 1 aromatic heterocycles. The van der Waals surface area contributed by atoms with Gasteiger partial charge in [0.25, 0.3) is 5.91 Å². The highest BCUT2D eigenvalue weighted by Gasteiger charge is 2.47. The highest BCUT2D eigenvalue weighted by Crippen LogP contribution is 2.44. The molecule has 1 saturated heterocycles. The smallest absolute Gasteiger partial charge is 0.308 e. The van der Waals surface area contributed by atoms with Crippen LogP contribution in [0.3, 0.4) is 0 Å². The molecule has 6 heteroatoms. The van der Waals surface area contributed by atoms with Gasteiger partial charge in [-0.25, -0.2) is 0 Å². The van der Waals surface area contributed by atoms with Crippen molar-refractivity contribution < 1.29 is 14.7 Å². The van der Waals surface area contributed by atoms with Gasteiger partial charge in [-0.15, -0.1) is 0 Å². The summed E-state index contributed by atoms with van der Waals surface area (Å²) in [4.78, 5) is 25.6. The number of rotatable bonds is 5. The third kappa shape index (κ3) is 2.80. The number of hydrogen-bond acceptors (Lipinski definition) is 3. The predicted molar refractivity (Wildman–Crippen MR) is 75.8 cm³/mol. The molecule has 1 N–H and O–H groups in total. The summed E-state index contributed by atoms with van der Waals surface area (Å²) >= 11 is 0. The molecule has 0 spiro atoms. The van der Waals surface area contributed by atoms with Gasteiger partial charge in [0.1, 0.15) is 0 Å². The molecule has 3 rings (SSSR count). The van der Waals surface area contributed by atoms with Crippen molar-refractivity contribution in [3.8, 4) is 0 Å². The molecule has 0 bridgehead atoms. The standard InChI is InChI=1S/C15H21N3O3/c1-2-5-18-7-11(6-16-18)14(19)17-8-12(10-3-4-10)13(9-17)15(20)21/h6-7,10,12-13H,2-5,8-9H2,1H3,(H,20,21)/t12-,13+/m1/s1. The molecule has 1 aliphatic carbocycles. The summed E-state index contributed by atoms with van der Waals surface area (Å²) in [5.41, 5.74) is 0.559. The predicted octanol–water partition coefficient (Wildman–Crippen LogP) is 1.48. The lowest BCUT2D eigenvalue weighted by molar-refractivity contribution is -0.142. The van der Waals surface area contributed by atoms with Gasteiger partial charge in [-0.3, -0.25) is 14.3 Å². The van der Waals surface area contributed by atoms with E-state index in [0.29, 0.717) is 24.6 Å². The number of carbonyl (C=O) groups is 2. The summed E-state index contributed by atoms with van der Waals surface area (Å²) < 4.78 is 1.76. The van der Waals surface area contributed by atoms with E-state index in [0.717, 1.165) is 25.8 Å². The lowest BCUT2D eigenvalue weighted by atomic mass is 9.92. The first-order chi connectivity index (χ1) is 10.1. The monoisotopic (exact) mass is 291 g/mol. The Morgan fingerprint density at radius 2 is 2.14 bits per heavy atom. The number of carboxylic acids is 1. The Hall–Kier alpha value is -1.85. The normalized spacial score (nSPS) is 25.3. The van der Waals surface area contributed by atoms with Gasteiger partial charge < -0.3 is 10.0 Å².